The van der Waals surface area contributed by atoms with E-state index in [0.717, 1.165) is 17.7 Å². The Morgan fingerprint density at radius 1 is 1.22 bits per heavy atom. The number of nitro groups is 1. The van der Waals surface area contributed by atoms with Crippen molar-refractivity contribution in [1.29, 1.82) is 0 Å². The Bertz CT molecular complexity index is 747. The summed E-state index contributed by atoms with van der Waals surface area (Å²) >= 11 is 0. The molecule has 2 aromatic rings. The summed E-state index contributed by atoms with van der Waals surface area (Å²) in [5.74, 6) is -1.87. The maximum atomic E-state index is 11.7. The highest BCUT2D eigenvalue weighted by Gasteiger charge is 2.20. The molecule has 0 aliphatic heterocycles. The average molecular weight is 317 g/mol. The van der Waals surface area contributed by atoms with Gasteiger partial charge in [0.2, 0.25) is 5.82 Å². The molecule has 1 heterocycles. The number of hydrogen-bond acceptors (Lipinski definition) is 6. The molecule has 0 bridgehead atoms. The van der Waals surface area contributed by atoms with Gasteiger partial charge in [0.1, 0.15) is 6.61 Å². The van der Waals surface area contributed by atoms with E-state index in [-0.39, 0.29) is 6.61 Å². The molecule has 0 unspecified atom stereocenters. The van der Waals surface area contributed by atoms with Crippen LogP contribution in [0.4, 0.5) is 16.3 Å². The monoisotopic (exact) mass is 317 g/mol. The van der Waals surface area contributed by atoms with Gasteiger partial charge in [-0.2, -0.15) is 0 Å². The number of nitrogens with one attached hydrogen (secondary N) is 1. The topological polar surface area (TPSA) is 132 Å². The predicted molar refractivity (Wildman–Crippen MR) is 78.1 cm³/mol. The molecule has 118 valence electrons. The van der Waals surface area contributed by atoms with Crippen LogP contribution in [0.3, 0.4) is 0 Å². The Labute approximate surface area is 129 Å². The number of pyridine rings is 1. The first-order valence-electron chi connectivity index (χ1n) is 6.34. The van der Waals surface area contributed by atoms with E-state index in [1.807, 2.05) is 0 Å². The molecule has 23 heavy (non-hydrogen) atoms. The summed E-state index contributed by atoms with van der Waals surface area (Å²) in [5.41, 5.74) is -0.245. The van der Waals surface area contributed by atoms with E-state index in [4.69, 9.17) is 9.84 Å². The number of carboxylic acid groups (broad SMARTS) is 1. The second kappa shape index (κ2) is 6.98. The summed E-state index contributed by atoms with van der Waals surface area (Å²) in [5, 5.41) is 21.8. The summed E-state index contributed by atoms with van der Waals surface area (Å²) in [6.07, 6.45) is -0.980. The number of nitrogens with zero attached hydrogens (tertiary/aromatic N) is 2. The highest BCUT2D eigenvalue weighted by molar-refractivity contribution is 5.90. The maximum absolute atomic E-state index is 11.7. The number of anilines is 1. The molecule has 9 nitrogen and oxygen atoms in total. The lowest BCUT2D eigenvalue weighted by atomic mass is 10.2. The van der Waals surface area contributed by atoms with E-state index in [1.165, 1.54) is 0 Å². The first-order chi connectivity index (χ1) is 11.0. The van der Waals surface area contributed by atoms with Crippen molar-refractivity contribution in [3.63, 3.8) is 0 Å². The molecule has 0 fully saturated rings. The number of ether oxygens (including phenoxy) is 1. The third-order valence-corrected chi connectivity index (χ3v) is 2.72. The second-order valence-corrected chi connectivity index (χ2v) is 4.31. The lowest BCUT2D eigenvalue weighted by Gasteiger charge is -2.07. The van der Waals surface area contributed by atoms with Crippen molar-refractivity contribution in [2.24, 2.45) is 0 Å². The van der Waals surface area contributed by atoms with Crippen LogP contribution < -0.4 is 5.32 Å². The van der Waals surface area contributed by atoms with Gasteiger partial charge in [-0.1, -0.05) is 30.3 Å². The van der Waals surface area contributed by atoms with E-state index in [0.29, 0.717) is 0 Å². The zero-order valence-electron chi connectivity index (χ0n) is 11.6. The van der Waals surface area contributed by atoms with E-state index in [2.05, 4.69) is 10.3 Å². The molecule has 0 atom stereocenters. The van der Waals surface area contributed by atoms with Gasteiger partial charge in [0.15, 0.2) is 5.69 Å². The Balaban J connectivity index is 2.11. The lowest BCUT2D eigenvalue weighted by molar-refractivity contribution is -0.384. The number of carbonyl (C=O) groups excluding carboxylic acids is 1. The number of benzene rings is 1. The molecule has 1 aromatic carbocycles. The predicted octanol–water partition coefficient (Wildman–Crippen LogP) is 2.44. The number of hydrogen-bond donors (Lipinski definition) is 2. The number of aromatic carboxylic acids is 1. The van der Waals surface area contributed by atoms with Crippen LogP contribution in [-0.2, 0) is 11.3 Å². The van der Waals surface area contributed by atoms with Gasteiger partial charge in [0, 0.05) is 6.07 Å². The van der Waals surface area contributed by atoms with Gasteiger partial charge in [-0.25, -0.2) is 14.6 Å². The molecule has 9 heteroatoms. The molecule has 0 saturated heterocycles. The smallest absolute Gasteiger partial charge is 0.413 e. The van der Waals surface area contributed by atoms with Gasteiger partial charge in [-0.15, -0.1) is 0 Å². The fourth-order valence-corrected chi connectivity index (χ4v) is 1.67. The zero-order chi connectivity index (χ0) is 16.8. The summed E-state index contributed by atoms with van der Waals surface area (Å²) in [4.78, 5) is 36.2. The minimum atomic E-state index is -1.37. The van der Waals surface area contributed by atoms with Crippen LogP contribution in [0.1, 0.15) is 16.1 Å². The van der Waals surface area contributed by atoms with Crippen molar-refractivity contribution < 1.29 is 24.4 Å². The molecule has 1 aromatic heterocycles. The van der Waals surface area contributed by atoms with Crippen molar-refractivity contribution in [1.82, 2.24) is 4.98 Å². The second-order valence-electron chi connectivity index (χ2n) is 4.31. The SMILES string of the molecule is O=C(Nc1nc(C(=O)O)ccc1[N+](=O)[O-])OCc1ccccc1. The van der Waals surface area contributed by atoms with Crippen molar-refractivity contribution >= 4 is 23.6 Å². The highest BCUT2D eigenvalue weighted by atomic mass is 16.6. The summed E-state index contributed by atoms with van der Waals surface area (Å²) in [7, 11) is 0. The summed E-state index contributed by atoms with van der Waals surface area (Å²) < 4.78 is 4.91. The molecule has 0 radical (unpaired) electrons. The van der Waals surface area contributed by atoms with Crippen molar-refractivity contribution in [3.05, 3.63) is 63.8 Å². The average Bonchev–Trinajstić information content (AvgIpc) is 2.53. The van der Waals surface area contributed by atoms with Crippen LogP contribution in [0.2, 0.25) is 0 Å². The van der Waals surface area contributed by atoms with Gasteiger partial charge >= 0.3 is 17.7 Å². The molecule has 0 aliphatic rings. The number of carboxylic acids is 1. The van der Waals surface area contributed by atoms with E-state index >= 15 is 0 Å². The standard InChI is InChI=1S/C14H11N3O6/c18-13(19)10-6-7-11(17(21)22)12(15-10)16-14(20)23-8-9-4-2-1-3-5-9/h1-7H,8H2,(H,18,19)(H,15,16,20). The Morgan fingerprint density at radius 2 is 1.91 bits per heavy atom. The fraction of sp³-hybridized carbons (Fsp3) is 0.0714. The molecular formula is C14H11N3O6. The molecular weight excluding hydrogens is 306 g/mol. The molecule has 1 amide bonds. The normalized spacial score (nSPS) is 9.91. The third-order valence-electron chi connectivity index (χ3n) is 2.72. The Morgan fingerprint density at radius 3 is 2.52 bits per heavy atom. The van der Waals surface area contributed by atoms with Crippen molar-refractivity contribution in [3.8, 4) is 0 Å². The summed E-state index contributed by atoms with van der Waals surface area (Å²) in [6, 6.07) is 10.7. The highest BCUT2D eigenvalue weighted by Crippen LogP contribution is 2.22. The van der Waals surface area contributed by atoms with Gasteiger partial charge in [0.05, 0.1) is 4.92 Å². The third kappa shape index (κ3) is 4.24. The number of carbonyl (C=O) groups is 2. The van der Waals surface area contributed by atoms with Crippen LogP contribution >= 0.6 is 0 Å². The van der Waals surface area contributed by atoms with Crippen molar-refractivity contribution in [2.45, 2.75) is 6.61 Å². The van der Waals surface area contributed by atoms with Gasteiger partial charge in [0.25, 0.3) is 0 Å². The molecule has 0 saturated carbocycles. The van der Waals surface area contributed by atoms with Gasteiger partial charge < -0.3 is 9.84 Å². The first kappa shape index (κ1) is 15.9. The molecule has 2 N–H and O–H groups in total. The molecule has 0 spiro atoms. The summed E-state index contributed by atoms with van der Waals surface area (Å²) in [6.45, 7) is -0.0426. The minimum Gasteiger partial charge on any atom is -0.477 e. The minimum absolute atomic E-state index is 0.0426. The van der Waals surface area contributed by atoms with Crippen LogP contribution in [0.25, 0.3) is 0 Å². The van der Waals surface area contributed by atoms with Crippen LogP contribution in [-0.4, -0.2) is 27.1 Å². The zero-order valence-corrected chi connectivity index (χ0v) is 11.6. The number of rotatable bonds is 5. The van der Waals surface area contributed by atoms with Crippen molar-refractivity contribution in [2.75, 3.05) is 5.32 Å². The van der Waals surface area contributed by atoms with Gasteiger partial charge in [-0.05, 0) is 11.6 Å². The maximum Gasteiger partial charge on any atom is 0.413 e. The largest absolute Gasteiger partial charge is 0.477 e. The quantitative estimate of drug-likeness (QED) is 0.639. The van der Waals surface area contributed by atoms with E-state index < -0.39 is 34.2 Å². The molecule has 0 aliphatic carbocycles. The Kier molecular flexibility index (Phi) is 4.82. The number of aromatic nitrogens is 1. The van der Waals surface area contributed by atoms with Crippen LogP contribution in [0, 0.1) is 10.1 Å². The van der Waals surface area contributed by atoms with Gasteiger partial charge in [-0.3, -0.25) is 15.4 Å². The molecule has 2 rings (SSSR count). The fourth-order valence-electron chi connectivity index (χ4n) is 1.67. The van der Waals surface area contributed by atoms with Crippen LogP contribution in [0.5, 0.6) is 0 Å². The number of amides is 1. The van der Waals surface area contributed by atoms with E-state index in [9.17, 15) is 19.7 Å². The first-order valence-corrected chi connectivity index (χ1v) is 6.34. The van der Waals surface area contributed by atoms with Crippen LogP contribution in [0.15, 0.2) is 42.5 Å². The lowest BCUT2D eigenvalue weighted by Crippen LogP contribution is -2.16. The van der Waals surface area contributed by atoms with E-state index in [1.54, 1.807) is 30.3 Å². The Hall–Kier alpha value is -3.49.